The van der Waals surface area contributed by atoms with Crippen molar-refractivity contribution in [2.45, 2.75) is 25.7 Å². The molecule has 6 nitrogen and oxygen atoms in total. The summed E-state index contributed by atoms with van der Waals surface area (Å²) in [6, 6.07) is 5.25. The zero-order valence-electron chi connectivity index (χ0n) is 13.3. The van der Waals surface area contributed by atoms with Gasteiger partial charge in [0, 0.05) is 31.6 Å². The van der Waals surface area contributed by atoms with Crippen molar-refractivity contribution in [1.82, 2.24) is 10.2 Å². The summed E-state index contributed by atoms with van der Waals surface area (Å²) >= 11 is 0. The van der Waals surface area contributed by atoms with E-state index in [-0.39, 0.29) is 17.7 Å². The van der Waals surface area contributed by atoms with E-state index in [4.69, 9.17) is 5.11 Å². The van der Waals surface area contributed by atoms with Crippen LogP contribution in [0.3, 0.4) is 0 Å². The van der Waals surface area contributed by atoms with Gasteiger partial charge in [-0.3, -0.25) is 14.4 Å². The van der Waals surface area contributed by atoms with Crippen LogP contribution >= 0.6 is 0 Å². The van der Waals surface area contributed by atoms with E-state index in [2.05, 4.69) is 5.32 Å². The lowest BCUT2D eigenvalue weighted by Gasteiger charge is -2.30. The molecule has 1 aliphatic rings. The Morgan fingerprint density at radius 3 is 2.38 bits per heavy atom. The highest BCUT2D eigenvalue weighted by atomic mass is 19.1. The summed E-state index contributed by atoms with van der Waals surface area (Å²) in [7, 11) is 0. The Morgan fingerprint density at radius 1 is 1.17 bits per heavy atom. The van der Waals surface area contributed by atoms with Crippen molar-refractivity contribution in [2.75, 3.05) is 19.6 Å². The Bertz CT molecular complexity index is 595. The number of carboxylic acid groups (broad SMARTS) is 1. The second-order valence-electron chi connectivity index (χ2n) is 5.86. The highest BCUT2D eigenvalue weighted by Crippen LogP contribution is 2.18. The van der Waals surface area contributed by atoms with E-state index in [1.165, 1.54) is 24.3 Å². The zero-order chi connectivity index (χ0) is 17.5. The van der Waals surface area contributed by atoms with E-state index in [1.807, 2.05) is 0 Å². The van der Waals surface area contributed by atoms with Crippen molar-refractivity contribution in [3.8, 4) is 0 Å². The van der Waals surface area contributed by atoms with Crippen LogP contribution in [0.15, 0.2) is 24.3 Å². The molecule has 0 aliphatic carbocycles. The lowest BCUT2D eigenvalue weighted by Crippen LogP contribution is -2.40. The van der Waals surface area contributed by atoms with Gasteiger partial charge in [-0.05, 0) is 43.5 Å². The minimum absolute atomic E-state index is 0.0186. The number of rotatable bonds is 6. The number of halogens is 1. The molecule has 1 aliphatic heterocycles. The Hall–Kier alpha value is -2.44. The summed E-state index contributed by atoms with van der Waals surface area (Å²) in [5.41, 5.74) is 0.374. The minimum Gasteiger partial charge on any atom is -0.481 e. The molecule has 0 spiro atoms. The summed E-state index contributed by atoms with van der Waals surface area (Å²) in [5, 5.41) is 11.6. The first-order chi connectivity index (χ1) is 11.5. The number of likely N-dealkylation sites (tertiary alicyclic amines) is 1. The molecule has 0 aromatic heterocycles. The van der Waals surface area contributed by atoms with Crippen LogP contribution in [0.2, 0.25) is 0 Å². The number of carboxylic acids is 1. The summed E-state index contributed by atoms with van der Waals surface area (Å²) in [6.45, 7) is 1.29. The number of carbonyl (C=O) groups is 3. The van der Waals surface area contributed by atoms with Gasteiger partial charge < -0.3 is 15.3 Å². The summed E-state index contributed by atoms with van der Waals surface area (Å²) < 4.78 is 12.8. The summed E-state index contributed by atoms with van der Waals surface area (Å²) in [5.74, 6) is -1.88. The molecule has 2 rings (SSSR count). The van der Waals surface area contributed by atoms with Crippen molar-refractivity contribution < 1.29 is 23.9 Å². The minimum atomic E-state index is -0.800. The Labute approximate surface area is 139 Å². The molecule has 1 saturated heterocycles. The van der Waals surface area contributed by atoms with Crippen LogP contribution in [0, 0.1) is 11.7 Å². The van der Waals surface area contributed by atoms with Crippen molar-refractivity contribution in [1.29, 1.82) is 0 Å². The van der Waals surface area contributed by atoms with Gasteiger partial charge in [0.15, 0.2) is 0 Å². The number of nitrogens with one attached hydrogen (secondary N) is 1. The summed E-state index contributed by atoms with van der Waals surface area (Å²) in [6.07, 6.45) is 1.79. The maximum Gasteiger partial charge on any atom is 0.306 e. The van der Waals surface area contributed by atoms with Gasteiger partial charge in [-0.1, -0.05) is 0 Å². The smallest absolute Gasteiger partial charge is 0.306 e. The molecule has 7 heteroatoms. The first kappa shape index (κ1) is 17.9. The molecule has 0 saturated carbocycles. The van der Waals surface area contributed by atoms with Crippen LogP contribution in [-0.2, 0) is 9.59 Å². The van der Waals surface area contributed by atoms with Crippen LogP contribution in [0.1, 0.15) is 36.0 Å². The normalized spacial score (nSPS) is 15.1. The number of benzene rings is 1. The van der Waals surface area contributed by atoms with Crippen LogP contribution < -0.4 is 5.32 Å². The molecule has 0 radical (unpaired) electrons. The van der Waals surface area contributed by atoms with Crippen LogP contribution in [0.5, 0.6) is 0 Å². The largest absolute Gasteiger partial charge is 0.481 e. The van der Waals surface area contributed by atoms with E-state index < -0.39 is 11.8 Å². The number of hydrogen-bond donors (Lipinski definition) is 2. The molecule has 1 fully saturated rings. The molecule has 0 atom stereocenters. The van der Waals surface area contributed by atoms with Crippen molar-refractivity contribution in [2.24, 2.45) is 5.92 Å². The highest BCUT2D eigenvalue weighted by Gasteiger charge is 2.26. The molecule has 1 aromatic rings. The maximum atomic E-state index is 12.8. The number of piperidine rings is 1. The second-order valence-corrected chi connectivity index (χ2v) is 5.86. The summed E-state index contributed by atoms with van der Waals surface area (Å²) in [4.78, 5) is 36.4. The van der Waals surface area contributed by atoms with Crippen LogP contribution in [0.4, 0.5) is 4.39 Å². The van der Waals surface area contributed by atoms with Crippen LogP contribution in [0.25, 0.3) is 0 Å². The third-order valence-corrected chi connectivity index (χ3v) is 4.16. The van der Waals surface area contributed by atoms with Gasteiger partial charge in [0.1, 0.15) is 5.82 Å². The average molecular weight is 336 g/mol. The van der Waals surface area contributed by atoms with Gasteiger partial charge >= 0.3 is 5.97 Å². The Balaban J connectivity index is 1.65. The molecular weight excluding hydrogens is 315 g/mol. The fourth-order valence-electron chi connectivity index (χ4n) is 2.68. The topological polar surface area (TPSA) is 86.7 Å². The molecule has 0 bridgehead atoms. The molecule has 1 heterocycles. The van der Waals surface area contributed by atoms with Gasteiger partial charge in [-0.25, -0.2) is 4.39 Å². The van der Waals surface area contributed by atoms with Gasteiger partial charge in [0.05, 0.1) is 5.92 Å². The lowest BCUT2D eigenvalue weighted by molar-refractivity contribution is -0.145. The first-order valence-corrected chi connectivity index (χ1v) is 8.01. The van der Waals surface area contributed by atoms with Gasteiger partial charge in [-0.15, -0.1) is 0 Å². The quantitative estimate of drug-likeness (QED) is 0.774. The third kappa shape index (κ3) is 5.04. The van der Waals surface area contributed by atoms with Gasteiger partial charge in [-0.2, -0.15) is 0 Å². The number of carbonyl (C=O) groups excluding carboxylic acids is 2. The van der Waals surface area contributed by atoms with E-state index in [0.29, 0.717) is 50.9 Å². The van der Waals surface area contributed by atoms with E-state index in [9.17, 15) is 18.8 Å². The highest BCUT2D eigenvalue weighted by molar-refractivity contribution is 5.94. The van der Waals surface area contributed by atoms with Crippen molar-refractivity contribution in [3.05, 3.63) is 35.6 Å². The van der Waals surface area contributed by atoms with Gasteiger partial charge in [0.2, 0.25) is 5.91 Å². The molecule has 2 N–H and O–H groups in total. The molecule has 130 valence electrons. The van der Waals surface area contributed by atoms with Gasteiger partial charge in [0.25, 0.3) is 5.91 Å². The van der Waals surface area contributed by atoms with E-state index in [0.717, 1.165) is 0 Å². The molecule has 2 amide bonds. The van der Waals surface area contributed by atoms with Crippen molar-refractivity contribution in [3.63, 3.8) is 0 Å². The molecule has 24 heavy (non-hydrogen) atoms. The number of nitrogens with zero attached hydrogens (tertiary/aromatic N) is 1. The molecule has 1 aromatic carbocycles. The van der Waals surface area contributed by atoms with Crippen molar-refractivity contribution >= 4 is 17.8 Å². The number of hydrogen-bond acceptors (Lipinski definition) is 3. The fraction of sp³-hybridized carbons (Fsp3) is 0.471. The zero-order valence-corrected chi connectivity index (χ0v) is 13.3. The third-order valence-electron chi connectivity index (χ3n) is 4.16. The van der Waals surface area contributed by atoms with Crippen LogP contribution in [-0.4, -0.2) is 47.4 Å². The monoisotopic (exact) mass is 336 g/mol. The predicted octanol–water partition coefficient (Wildman–Crippen LogP) is 1.66. The fourth-order valence-corrected chi connectivity index (χ4v) is 2.68. The SMILES string of the molecule is O=C(NCCCC(=O)N1CCC(C(=O)O)CC1)c1ccc(F)cc1. The standard InChI is InChI=1S/C17H21FN2O4/c18-14-5-3-12(4-6-14)16(22)19-9-1-2-15(21)20-10-7-13(8-11-20)17(23)24/h3-6,13H,1-2,7-11H2,(H,19,22)(H,23,24). The van der Waals surface area contributed by atoms with E-state index in [1.54, 1.807) is 4.90 Å². The average Bonchev–Trinajstić information content (AvgIpc) is 2.59. The Kier molecular flexibility index (Phi) is 6.28. The predicted molar refractivity (Wildman–Crippen MR) is 84.9 cm³/mol. The molecular formula is C17H21FN2O4. The second kappa shape index (κ2) is 8.42. The van der Waals surface area contributed by atoms with E-state index >= 15 is 0 Å². The number of aliphatic carboxylic acids is 1. The number of amides is 2. The maximum absolute atomic E-state index is 12.8. The Morgan fingerprint density at radius 2 is 1.79 bits per heavy atom. The lowest BCUT2D eigenvalue weighted by atomic mass is 9.97. The molecule has 0 unspecified atom stereocenters. The first-order valence-electron chi connectivity index (χ1n) is 8.01.